The summed E-state index contributed by atoms with van der Waals surface area (Å²) < 4.78 is 5.32. The lowest BCUT2D eigenvalue weighted by Gasteiger charge is -2.15. The van der Waals surface area contributed by atoms with Crippen LogP contribution in [-0.4, -0.2) is 24.1 Å². The van der Waals surface area contributed by atoms with Crippen molar-refractivity contribution in [2.24, 2.45) is 0 Å². The minimum absolute atomic E-state index is 0.630. The van der Waals surface area contributed by atoms with Gasteiger partial charge in [-0.15, -0.1) is 0 Å². The van der Waals surface area contributed by atoms with Crippen LogP contribution in [0.1, 0.15) is 11.4 Å². The van der Waals surface area contributed by atoms with Gasteiger partial charge in [0.05, 0.1) is 12.8 Å². The molecule has 0 aliphatic heterocycles. The maximum absolute atomic E-state index is 6.03. The Labute approximate surface area is 123 Å². The van der Waals surface area contributed by atoms with Gasteiger partial charge in [-0.3, -0.25) is 0 Å². The summed E-state index contributed by atoms with van der Waals surface area (Å²) >= 11 is 6.03. The third kappa shape index (κ3) is 2.93. The van der Waals surface area contributed by atoms with Gasteiger partial charge in [-0.25, -0.2) is 9.97 Å². The number of halogens is 1. The minimum Gasteiger partial charge on any atom is -0.495 e. The monoisotopic (exact) mass is 292 g/mol. The average molecular weight is 293 g/mol. The summed E-state index contributed by atoms with van der Waals surface area (Å²) in [6, 6.07) is 5.39. The van der Waals surface area contributed by atoms with Crippen LogP contribution in [0.4, 0.5) is 17.3 Å². The summed E-state index contributed by atoms with van der Waals surface area (Å²) in [5.74, 6) is 2.91. The topological polar surface area (TPSA) is 59.1 Å². The van der Waals surface area contributed by atoms with Gasteiger partial charge >= 0.3 is 0 Å². The number of aromatic nitrogens is 2. The lowest BCUT2D eigenvalue weighted by Crippen LogP contribution is -2.05. The average Bonchev–Trinajstić information content (AvgIpc) is 2.42. The van der Waals surface area contributed by atoms with Gasteiger partial charge in [0, 0.05) is 17.6 Å². The summed E-state index contributed by atoms with van der Waals surface area (Å²) in [6.07, 6.45) is 0. The second-order valence-electron chi connectivity index (χ2n) is 4.31. The number of aryl methyl sites for hydroxylation is 1. The molecule has 1 heterocycles. The van der Waals surface area contributed by atoms with Gasteiger partial charge in [-0.1, -0.05) is 11.6 Å². The maximum atomic E-state index is 6.03. The van der Waals surface area contributed by atoms with Crippen LogP contribution in [0.25, 0.3) is 0 Å². The molecule has 1 aromatic carbocycles. The van der Waals surface area contributed by atoms with E-state index in [0.717, 1.165) is 22.9 Å². The van der Waals surface area contributed by atoms with Crippen LogP contribution in [0.3, 0.4) is 0 Å². The third-order valence-electron chi connectivity index (χ3n) is 2.91. The zero-order chi connectivity index (χ0) is 14.7. The first-order valence-electron chi connectivity index (χ1n) is 6.18. The van der Waals surface area contributed by atoms with E-state index in [1.807, 2.05) is 27.0 Å². The predicted molar refractivity (Wildman–Crippen MR) is 82.3 cm³/mol. The second kappa shape index (κ2) is 5.96. The largest absolute Gasteiger partial charge is 0.495 e. The Morgan fingerprint density at radius 1 is 1.15 bits per heavy atom. The molecule has 5 nitrogen and oxygen atoms in total. The van der Waals surface area contributed by atoms with E-state index < -0.39 is 0 Å². The summed E-state index contributed by atoms with van der Waals surface area (Å²) in [7, 11) is 3.45. The number of anilines is 3. The summed E-state index contributed by atoms with van der Waals surface area (Å²) in [4.78, 5) is 8.75. The molecule has 106 valence electrons. The van der Waals surface area contributed by atoms with Crippen LogP contribution in [0.2, 0.25) is 5.02 Å². The van der Waals surface area contributed by atoms with E-state index in [1.165, 1.54) is 0 Å². The van der Waals surface area contributed by atoms with Crippen LogP contribution >= 0.6 is 11.6 Å². The Kier molecular flexibility index (Phi) is 4.29. The van der Waals surface area contributed by atoms with E-state index in [4.69, 9.17) is 16.3 Å². The Balaban J connectivity index is 2.44. The van der Waals surface area contributed by atoms with Crippen molar-refractivity contribution in [3.8, 4) is 5.75 Å². The molecular formula is C14H17ClN4O. The highest BCUT2D eigenvalue weighted by molar-refractivity contribution is 6.31. The van der Waals surface area contributed by atoms with Gasteiger partial charge in [-0.05, 0) is 32.0 Å². The molecule has 0 atom stereocenters. The molecule has 0 bridgehead atoms. The Morgan fingerprint density at radius 3 is 2.50 bits per heavy atom. The first kappa shape index (κ1) is 14.4. The Hall–Kier alpha value is -2.01. The molecule has 0 saturated carbocycles. The second-order valence-corrected chi connectivity index (χ2v) is 4.75. The fourth-order valence-electron chi connectivity index (χ4n) is 1.90. The van der Waals surface area contributed by atoms with Crippen molar-refractivity contribution in [3.05, 3.63) is 34.6 Å². The predicted octanol–water partition coefficient (Wildman–Crippen LogP) is 3.54. The highest BCUT2D eigenvalue weighted by Crippen LogP contribution is 2.31. The lowest BCUT2D eigenvalue weighted by atomic mass is 10.2. The highest BCUT2D eigenvalue weighted by Gasteiger charge is 2.11. The number of benzene rings is 1. The zero-order valence-corrected chi connectivity index (χ0v) is 12.7. The molecule has 0 saturated heterocycles. The van der Waals surface area contributed by atoms with Crippen LogP contribution < -0.4 is 15.4 Å². The van der Waals surface area contributed by atoms with E-state index in [0.29, 0.717) is 16.6 Å². The lowest BCUT2D eigenvalue weighted by molar-refractivity contribution is 0.417. The molecule has 0 unspecified atom stereocenters. The molecule has 2 aromatic rings. The number of hydrogen-bond donors (Lipinski definition) is 2. The molecule has 0 fully saturated rings. The smallest absolute Gasteiger partial charge is 0.142 e. The fraction of sp³-hybridized carbons (Fsp3) is 0.286. The van der Waals surface area contributed by atoms with Gasteiger partial charge in [0.15, 0.2) is 0 Å². The first-order valence-corrected chi connectivity index (χ1v) is 6.56. The van der Waals surface area contributed by atoms with Crippen LogP contribution in [-0.2, 0) is 0 Å². The fourth-order valence-corrected chi connectivity index (χ4v) is 2.07. The van der Waals surface area contributed by atoms with E-state index >= 15 is 0 Å². The van der Waals surface area contributed by atoms with Crippen LogP contribution in [0, 0.1) is 13.8 Å². The molecule has 1 aromatic heterocycles. The molecular weight excluding hydrogens is 276 g/mol. The summed E-state index contributed by atoms with van der Waals surface area (Å²) in [5, 5.41) is 6.93. The number of nitrogens with one attached hydrogen (secondary N) is 2. The van der Waals surface area contributed by atoms with Crippen molar-refractivity contribution in [2.75, 3.05) is 24.8 Å². The van der Waals surface area contributed by atoms with Crippen molar-refractivity contribution in [3.63, 3.8) is 0 Å². The molecule has 2 N–H and O–H groups in total. The van der Waals surface area contributed by atoms with Crippen molar-refractivity contribution >= 4 is 28.9 Å². The van der Waals surface area contributed by atoms with Crippen molar-refractivity contribution in [2.45, 2.75) is 13.8 Å². The molecule has 0 radical (unpaired) electrons. The van der Waals surface area contributed by atoms with Crippen molar-refractivity contribution in [1.29, 1.82) is 0 Å². The van der Waals surface area contributed by atoms with Crippen molar-refractivity contribution in [1.82, 2.24) is 9.97 Å². The summed E-state index contributed by atoms with van der Waals surface area (Å²) in [6.45, 7) is 3.80. The normalized spacial score (nSPS) is 10.2. The van der Waals surface area contributed by atoms with E-state index in [9.17, 15) is 0 Å². The minimum atomic E-state index is 0.630. The molecule has 0 amide bonds. The van der Waals surface area contributed by atoms with E-state index in [2.05, 4.69) is 20.6 Å². The van der Waals surface area contributed by atoms with E-state index in [1.54, 1.807) is 19.2 Å². The van der Waals surface area contributed by atoms with E-state index in [-0.39, 0.29) is 0 Å². The van der Waals surface area contributed by atoms with Gasteiger partial charge < -0.3 is 15.4 Å². The van der Waals surface area contributed by atoms with Crippen molar-refractivity contribution < 1.29 is 4.74 Å². The zero-order valence-electron chi connectivity index (χ0n) is 11.9. The number of methoxy groups -OCH3 is 1. The Bertz CT molecular complexity index is 631. The molecule has 2 rings (SSSR count). The SMILES string of the molecule is CNc1nc(C)nc(Nc2cc(Cl)ccc2OC)c1C. The third-order valence-corrected chi connectivity index (χ3v) is 3.14. The van der Waals surface area contributed by atoms with Gasteiger partial charge in [0.1, 0.15) is 23.2 Å². The number of nitrogens with zero attached hydrogens (tertiary/aromatic N) is 2. The summed E-state index contributed by atoms with van der Waals surface area (Å²) in [5.41, 5.74) is 1.70. The molecule has 6 heteroatoms. The van der Waals surface area contributed by atoms with Gasteiger partial charge in [0.2, 0.25) is 0 Å². The number of rotatable bonds is 4. The standard InChI is InChI=1S/C14H17ClN4O/c1-8-13(16-3)17-9(2)18-14(8)19-11-7-10(15)5-6-12(11)20-4/h5-7H,1-4H3,(H2,16,17,18,19). The molecule has 20 heavy (non-hydrogen) atoms. The van der Waals surface area contributed by atoms with Gasteiger partial charge in [0.25, 0.3) is 0 Å². The van der Waals surface area contributed by atoms with Crippen LogP contribution in [0.5, 0.6) is 5.75 Å². The number of hydrogen-bond acceptors (Lipinski definition) is 5. The first-order chi connectivity index (χ1) is 9.55. The quantitative estimate of drug-likeness (QED) is 0.902. The van der Waals surface area contributed by atoms with Gasteiger partial charge in [-0.2, -0.15) is 0 Å². The number of ether oxygens (including phenoxy) is 1. The van der Waals surface area contributed by atoms with Crippen LogP contribution in [0.15, 0.2) is 18.2 Å². The highest BCUT2D eigenvalue weighted by atomic mass is 35.5. The maximum Gasteiger partial charge on any atom is 0.142 e. The Morgan fingerprint density at radius 2 is 1.85 bits per heavy atom. The molecule has 0 spiro atoms. The molecule has 0 aliphatic rings. The molecule has 0 aliphatic carbocycles.